The molecule has 8 heavy (non-hydrogen) atoms. The molecule has 0 unspecified atom stereocenters. The number of thiocarbonyl (C=S) groups is 2. The third-order valence-corrected chi connectivity index (χ3v) is 0. The van der Waals surface area contributed by atoms with Gasteiger partial charge >= 0.3 is 0 Å². The fourth-order valence-electron chi connectivity index (χ4n) is 0. The van der Waals surface area contributed by atoms with E-state index in [2.05, 4.69) is 24.4 Å². The molecule has 0 spiro atoms. The predicted octanol–water partition coefficient (Wildman–Crippen LogP) is 2.61. The van der Waals surface area contributed by atoms with Crippen molar-refractivity contribution in [1.82, 2.24) is 0 Å². The Hall–Kier alpha value is -0.400. The van der Waals surface area contributed by atoms with Crippen molar-refractivity contribution >= 4 is 34.8 Å². The van der Waals surface area contributed by atoms with Crippen molar-refractivity contribution in [3.8, 4) is 0 Å². The van der Waals surface area contributed by atoms with Crippen LogP contribution in [-0.2, 0) is 0 Å². The Morgan fingerprint density at radius 1 is 0.875 bits per heavy atom. The predicted molar refractivity (Wildman–Crippen MR) is 44.1 cm³/mol. The number of hydrogen-bond donors (Lipinski definition) is 2. The summed E-state index contributed by atoms with van der Waals surface area (Å²) < 4.78 is 0. The van der Waals surface area contributed by atoms with E-state index in [1.807, 2.05) is 0 Å². The Bertz CT molecular complexity index is 66.0. The largest absolute Gasteiger partial charge is 0.248 e. The molecule has 0 saturated heterocycles. The zero-order chi connectivity index (χ0) is 5.41. The molecule has 0 bridgehead atoms. The minimum Gasteiger partial charge on any atom is -0.248 e. The van der Waals surface area contributed by atoms with Gasteiger partial charge < -0.3 is 0 Å². The van der Waals surface area contributed by atoms with E-state index in [0.717, 1.165) is 0 Å². The van der Waals surface area contributed by atoms with Gasteiger partial charge in [0.25, 0.3) is 0 Å². The van der Waals surface area contributed by atoms with Gasteiger partial charge in [0.05, 0.1) is 10.3 Å². The molecule has 0 aromatic heterocycles. The monoisotopic (exact) mass is 150 g/mol. The first-order chi connectivity index (χ1) is 2.83. The first-order valence-corrected chi connectivity index (χ1v) is 1.72. The molecule has 0 heterocycles. The minimum absolute atomic E-state index is 0. The highest BCUT2D eigenvalue weighted by Crippen LogP contribution is 1.16. The van der Waals surface area contributed by atoms with Crippen molar-refractivity contribution in [3.63, 3.8) is 0 Å². The van der Waals surface area contributed by atoms with Gasteiger partial charge in [-0.25, -0.2) is 10.8 Å². The van der Waals surface area contributed by atoms with E-state index in [1.165, 1.54) is 0 Å². The van der Waals surface area contributed by atoms with E-state index >= 15 is 0 Å². The Balaban J connectivity index is -0.0000000160. The van der Waals surface area contributed by atoms with Crippen LogP contribution in [-0.4, -0.2) is 10.3 Å². The molecular formula is C4H10N2S2. The summed E-state index contributed by atoms with van der Waals surface area (Å²) >= 11 is 7.62. The average Bonchev–Trinajstić information content (AvgIpc) is 1.39. The Kier molecular flexibility index (Phi) is 258. The molecule has 0 radical (unpaired) electrons. The van der Waals surface area contributed by atoms with Crippen LogP contribution in [0.1, 0.15) is 14.9 Å². The highest BCUT2D eigenvalue weighted by molar-refractivity contribution is 7.78. The third kappa shape index (κ3) is 741. The van der Waals surface area contributed by atoms with Crippen molar-refractivity contribution in [2.24, 2.45) is 0 Å². The molecule has 0 fully saturated rings. The van der Waals surface area contributed by atoms with E-state index < -0.39 is 0 Å². The van der Waals surface area contributed by atoms with Crippen LogP contribution in [0, 0.1) is 10.8 Å². The summed E-state index contributed by atoms with van der Waals surface area (Å²) in [5.74, 6) is 0. The van der Waals surface area contributed by atoms with Gasteiger partial charge in [0.15, 0.2) is 0 Å². The Morgan fingerprint density at radius 3 is 0.875 bits per heavy atom. The van der Waals surface area contributed by atoms with Crippen LogP contribution in [0.15, 0.2) is 0 Å². The lowest BCUT2D eigenvalue weighted by molar-refractivity contribution is 1.61. The van der Waals surface area contributed by atoms with E-state index in [-0.39, 0.29) is 14.9 Å². The van der Waals surface area contributed by atoms with Gasteiger partial charge in [-0.2, -0.15) is 0 Å². The fourth-order valence-corrected chi connectivity index (χ4v) is 0. The number of rotatable bonds is 0. The molecule has 4 heteroatoms. The summed E-state index contributed by atoms with van der Waals surface area (Å²) in [5, 5.41) is 14.7. The summed E-state index contributed by atoms with van der Waals surface area (Å²) in [6.07, 6.45) is 0. The van der Waals surface area contributed by atoms with E-state index in [9.17, 15) is 0 Å². The lowest BCUT2D eigenvalue weighted by Gasteiger charge is -1.05. The summed E-state index contributed by atoms with van der Waals surface area (Å²) in [6.45, 7) is 0. The van der Waals surface area contributed by atoms with Crippen LogP contribution in [0.3, 0.4) is 0 Å². The normalized spacial score (nSPS) is 2.00. The van der Waals surface area contributed by atoms with Gasteiger partial charge in [-0.15, -0.1) is 0 Å². The van der Waals surface area contributed by atoms with Crippen LogP contribution < -0.4 is 0 Å². The average molecular weight is 150 g/mol. The Labute approximate surface area is 60.9 Å². The maximum absolute atomic E-state index is 5.77. The standard InChI is InChI=1S/2CHNS.2CH4/c2*2-1-3;;/h2*2H;2*1H4. The van der Waals surface area contributed by atoms with Crippen LogP contribution >= 0.6 is 24.4 Å². The molecule has 2 N–H and O–H groups in total. The molecule has 2 nitrogen and oxygen atoms in total. The lowest BCUT2D eigenvalue weighted by atomic mass is 11.8. The zero-order valence-corrected chi connectivity index (χ0v) is 4.45. The highest BCUT2D eigenvalue weighted by Gasteiger charge is 0.978. The van der Waals surface area contributed by atoms with Crippen molar-refractivity contribution in [1.29, 1.82) is 10.8 Å². The molecule has 0 aromatic carbocycles. The van der Waals surface area contributed by atoms with Crippen molar-refractivity contribution in [2.45, 2.75) is 14.9 Å². The molecule has 0 aliphatic rings. The van der Waals surface area contributed by atoms with Gasteiger partial charge in [0.2, 0.25) is 0 Å². The number of isothiocyanates is 2. The first-order valence-electron chi connectivity index (χ1n) is 0.908. The SMILES string of the molecule is C.C.N=C=S.N=C=S. The second-order valence-electron chi connectivity index (χ2n) is 0.204. The molecule has 0 saturated carbocycles. The molecule has 0 rings (SSSR count). The van der Waals surface area contributed by atoms with Crippen LogP contribution in [0.4, 0.5) is 0 Å². The van der Waals surface area contributed by atoms with Gasteiger partial charge in [-0.05, 0) is 24.4 Å². The van der Waals surface area contributed by atoms with Crippen LogP contribution in [0.25, 0.3) is 0 Å². The quantitative estimate of drug-likeness (QED) is 0.412. The summed E-state index contributed by atoms with van der Waals surface area (Å²) in [7, 11) is 0. The van der Waals surface area contributed by atoms with Crippen LogP contribution in [0.2, 0.25) is 0 Å². The number of hydrogen-bond acceptors (Lipinski definition) is 4. The van der Waals surface area contributed by atoms with E-state index in [1.54, 1.807) is 10.3 Å². The maximum Gasteiger partial charge on any atom is 0.0554 e. The second-order valence-corrected chi connectivity index (χ2v) is 0.612. The van der Waals surface area contributed by atoms with Gasteiger partial charge in [0, 0.05) is 0 Å². The molecular weight excluding hydrogens is 140 g/mol. The molecule has 0 aliphatic heterocycles. The molecule has 0 aliphatic carbocycles. The molecule has 0 atom stereocenters. The minimum atomic E-state index is 0. The van der Waals surface area contributed by atoms with Crippen molar-refractivity contribution in [3.05, 3.63) is 0 Å². The summed E-state index contributed by atoms with van der Waals surface area (Å²) in [4.78, 5) is 0. The topological polar surface area (TPSA) is 47.7 Å². The van der Waals surface area contributed by atoms with Gasteiger partial charge in [0.1, 0.15) is 0 Å². The third-order valence-electron chi connectivity index (χ3n) is 0. The van der Waals surface area contributed by atoms with Gasteiger partial charge in [-0.1, -0.05) is 14.9 Å². The smallest absolute Gasteiger partial charge is 0.0554 e. The summed E-state index contributed by atoms with van der Waals surface area (Å²) in [6, 6.07) is 0. The van der Waals surface area contributed by atoms with Crippen molar-refractivity contribution < 1.29 is 0 Å². The second kappa shape index (κ2) is 80.8. The molecule has 0 amide bonds. The maximum atomic E-state index is 5.77. The summed E-state index contributed by atoms with van der Waals surface area (Å²) in [5.41, 5.74) is 0. The van der Waals surface area contributed by atoms with Crippen molar-refractivity contribution in [2.75, 3.05) is 0 Å². The first kappa shape index (κ1) is 25.5. The Morgan fingerprint density at radius 2 is 0.875 bits per heavy atom. The molecule has 48 valence electrons. The lowest BCUT2D eigenvalue weighted by Crippen LogP contribution is -1.03. The highest BCUT2D eigenvalue weighted by atomic mass is 32.1. The van der Waals surface area contributed by atoms with Crippen LogP contribution in [0.5, 0.6) is 0 Å². The number of nitrogens with one attached hydrogen (secondary N) is 2. The molecule has 0 aromatic rings. The van der Waals surface area contributed by atoms with E-state index in [4.69, 9.17) is 10.8 Å². The van der Waals surface area contributed by atoms with Gasteiger partial charge in [-0.3, -0.25) is 0 Å². The zero-order valence-electron chi connectivity index (χ0n) is 2.82. The van der Waals surface area contributed by atoms with E-state index in [0.29, 0.717) is 0 Å². The fraction of sp³-hybridized carbons (Fsp3) is 0.500.